The normalized spacial score (nSPS) is 14.5. The number of hydrogen-bond acceptors (Lipinski definition) is 4. The van der Waals surface area contributed by atoms with Crippen molar-refractivity contribution >= 4 is 49.9 Å². The monoisotopic (exact) mass is 445 g/mol. The molecule has 0 spiro atoms. The number of rotatable bonds is 3. The van der Waals surface area contributed by atoms with E-state index >= 15 is 0 Å². The van der Waals surface area contributed by atoms with Crippen molar-refractivity contribution in [2.45, 2.75) is 19.3 Å². The number of piperidine rings is 1. The van der Waals surface area contributed by atoms with Crippen LogP contribution in [0, 0.1) is 10.1 Å². The Morgan fingerprint density at radius 3 is 2.56 bits per heavy atom. The van der Waals surface area contributed by atoms with Gasteiger partial charge in [0.15, 0.2) is 0 Å². The molecule has 2 aromatic carbocycles. The first-order chi connectivity index (χ1) is 13.1. The fourth-order valence-electron chi connectivity index (χ4n) is 3.65. The van der Waals surface area contributed by atoms with Crippen LogP contribution in [0.2, 0.25) is 5.02 Å². The Morgan fingerprint density at radius 2 is 1.85 bits per heavy atom. The summed E-state index contributed by atoms with van der Waals surface area (Å²) in [6, 6.07) is 12.9. The van der Waals surface area contributed by atoms with E-state index in [0.29, 0.717) is 27.4 Å². The molecule has 1 aliphatic rings. The second-order valence-corrected chi connectivity index (χ2v) is 7.93. The lowest BCUT2D eigenvalue weighted by Crippen LogP contribution is -2.31. The van der Waals surface area contributed by atoms with Crippen molar-refractivity contribution in [1.82, 2.24) is 4.98 Å². The Hall–Kier alpha value is -2.18. The lowest BCUT2D eigenvalue weighted by molar-refractivity contribution is -0.383. The molecule has 0 aliphatic carbocycles. The summed E-state index contributed by atoms with van der Waals surface area (Å²) in [7, 11) is 0. The van der Waals surface area contributed by atoms with Crippen LogP contribution in [0.3, 0.4) is 0 Å². The second kappa shape index (κ2) is 7.44. The SMILES string of the molecule is O=[N+]([O-])c1c(N2CCCCC2)nc2ccc(Br)cc2c1-c1ccccc1Cl. The first kappa shape index (κ1) is 18.2. The average Bonchev–Trinajstić information content (AvgIpc) is 2.67. The van der Waals surface area contributed by atoms with E-state index in [2.05, 4.69) is 15.9 Å². The maximum Gasteiger partial charge on any atom is 0.320 e. The number of nitro groups is 1. The number of anilines is 1. The van der Waals surface area contributed by atoms with E-state index in [9.17, 15) is 10.1 Å². The molecule has 0 amide bonds. The van der Waals surface area contributed by atoms with Crippen molar-refractivity contribution in [1.29, 1.82) is 0 Å². The lowest BCUT2D eigenvalue weighted by Gasteiger charge is -2.28. The molecule has 7 heteroatoms. The average molecular weight is 447 g/mol. The molecule has 1 aromatic heterocycles. The van der Waals surface area contributed by atoms with Crippen LogP contribution >= 0.6 is 27.5 Å². The third-order valence-electron chi connectivity index (χ3n) is 4.88. The molecule has 0 saturated carbocycles. The number of hydrogen-bond donors (Lipinski definition) is 0. The maximum atomic E-state index is 12.2. The van der Waals surface area contributed by atoms with Gasteiger partial charge in [0, 0.05) is 33.5 Å². The fourth-order valence-corrected chi connectivity index (χ4v) is 4.24. The number of halogens is 2. The minimum absolute atomic E-state index is 0.0237. The third-order valence-corrected chi connectivity index (χ3v) is 5.71. The van der Waals surface area contributed by atoms with Gasteiger partial charge in [0.25, 0.3) is 0 Å². The minimum atomic E-state index is -0.323. The molecule has 138 valence electrons. The Morgan fingerprint density at radius 1 is 1.11 bits per heavy atom. The van der Waals surface area contributed by atoms with Crippen LogP contribution in [-0.4, -0.2) is 23.0 Å². The molecule has 1 aliphatic heterocycles. The number of fused-ring (bicyclic) bond motifs is 1. The zero-order chi connectivity index (χ0) is 19.0. The van der Waals surface area contributed by atoms with Gasteiger partial charge in [0.05, 0.1) is 16.0 Å². The van der Waals surface area contributed by atoms with Gasteiger partial charge in [-0.05, 0) is 43.5 Å². The standard InChI is InChI=1S/C20H17BrClN3O2/c21-13-8-9-17-15(12-13)18(14-6-2-3-7-16(14)22)19(25(26)27)20(23-17)24-10-4-1-5-11-24/h2-3,6-9,12H,1,4-5,10-11H2. The summed E-state index contributed by atoms with van der Waals surface area (Å²) in [4.78, 5) is 18.6. The highest BCUT2D eigenvalue weighted by atomic mass is 79.9. The Labute approximate surface area is 170 Å². The van der Waals surface area contributed by atoms with Gasteiger partial charge >= 0.3 is 5.69 Å². The molecule has 3 aromatic rings. The highest BCUT2D eigenvalue weighted by molar-refractivity contribution is 9.10. The molecule has 0 N–H and O–H groups in total. The largest absolute Gasteiger partial charge is 0.351 e. The van der Waals surface area contributed by atoms with Gasteiger partial charge in [0.1, 0.15) is 0 Å². The van der Waals surface area contributed by atoms with E-state index in [4.69, 9.17) is 16.6 Å². The Balaban J connectivity index is 2.11. The Bertz CT molecular complexity index is 1040. The summed E-state index contributed by atoms with van der Waals surface area (Å²) in [6.45, 7) is 1.55. The summed E-state index contributed by atoms with van der Waals surface area (Å²) in [5.41, 5.74) is 1.92. The molecule has 5 nitrogen and oxygen atoms in total. The molecular formula is C20H17BrClN3O2. The third kappa shape index (κ3) is 3.39. The zero-order valence-electron chi connectivity index (χ0n) is 14.5. The zero-order valence-corrected chi connectivity index (χ0v) is 16.8. The maximum absolute atomic E-state index is 12.2. The number of nitrogens with zero attached hydrogens (tertiary/aromatic N) is 3. The summed E-state index contributed by atoms with van der Waals surface area (Å²) in [5.74, 6) is 0.435. The molecule has 0 atom stereocenters. The molecular weight excluding hydrogens is 430 g/mol. The highest BCUT2D eigenvalue weighted by Gasteiger charge is 2.30. The summed E-state index contributed by atoms with van der Waals surface area (Å²) < 4.78 is 0.838. The first-order valence-electron chi connectivity index (χ1n) is 8.84. The van der Waals surface area contributed by atoms with Crippen molar-refractivity contribution in [3.8, 4) is 11.1 Å². The molecule has 1 saturated heterocycles. The van der Waals surface area contributed by atoms with Gasteiger partial charge in [-0.3, -0.25) is 10.1 Å². The van der Waals surface area contributed by atoms with E-state index in [1.165, 1.54) is 0 Å². The van der Waals surface area contributed by atoms with Crippen LogP contribution in [-0.2, 0) is 0 Å². The van der Waals surface area contributed by atoms with E-state index in [1.54, 1.807) is 6.07 Å². The molecule has 4 rings (SSSR count). The van der Waals surface area contributed by atoms with Gasteiger partial charge in [0.2, 0.25) is 5.82 Å². The van der Waals surface area contributed by atoms with Crippen LogP contribution in [0.5, 0.6) is 0 Å². The fraction of sp³-hybridized carbons (Fsp3) is 0.250. The quantitative estimate of drug-likeness (QED) is 0.354. The van der Waals surface area contributed by atoms with Crippen molar-refractivity contribution in [3.63, 3.8) is 0 Å². The lowest BCUT2D eigenvalue weighted by atomic mass is 9.98. The van der Waals surface area contributed by atoms with Crippen LogP contribution in [0.1, 0.15) is 19.3 Å². The number of pyridine rings is 1. The Kier molecular flexibility index (Phi) is 5.02. The van der Waals surface area contributed by atoms with Crippen LogP contribution < -0.4 is 4.90 Å². The number of benzene rings is 2. The van der Waals surface area contributed by atoms with Gasteiger partial charge in [-0.2, -0.15) is 0 Å². The molecule has 27 heavy (non-hydrogen) atoms. The van der Waals surface area contributed by atoms with E-state index in [1.807, 2.05) is 41.3 Å². The molecule has 0 radical (unpaired) electrons. The van der Waals surface area contributed by atoms with Crippen molar-refractivity contribution < 1.29 is 4.92 Å². The van der Waals surface area contributed by atoms with E-state index in [0.717, 1.165) is 42.3 Å². The van der Waals surface area contributed by atoms with E-state index < -0.39 is 0 Å². The minimum Gasteiger partial charge on any atom is -0.351 e. The summed E-state index contributed by atoms with van der Waals surface area (Å²) in [5, 5.41) is 13.4. The van der Waals surface area contributed by atoms with E-state index in [-0.39, 0.29) is 10.6 Å². The van der Waals surface area contributed by atoms with Gasteiger partial charge in [-0.1, -0.05) is 45.7 Å². The van der Waals surface area contributed by atoms with Crippen molar-refractivity contribution in [3.05, 3.63) is 62.1 Å². The summed E-state index contributed by atoms with van der Waals surface area (Å²) >= 11 is 9.92. The highest BCUT2D eigenvalue weighted by Crippen LogP contribution is 2.45. The van der Waals surface area contributed by atoms with Crippen molar-refractivity contribution in [2.75, 3.05) is 18.0 Å². The predicted octanol–water partition coefficient (Wildman–Crippen LogP) is 6.22. The molecule has 1 fully saturated rings. The first-order valence-corrected chi connectivity index (χ1v) is 10.0. The molecule has 2 heterocycles. The molecule has 0 unspecified atom stereocenters. The van der Waals surface area contributed by atoms with Gasteiger partial charge in [-0.15, -0.1) is 0 Å². The van der Waals surface area contributed by atoms with Crippen LogP contribution in [0.4, 0.5) is 11.5 Å². The van der Waals surface area contributed by atoms with Crippen LogP contribution in [0.25, 0.3) is 22.0 Å². The van der Waals surface area contributed by atoms with Crippen molar-refractivity contribution in [2.24, 2.45) is 0 Å². The predicted molar refractivity (Wildman–Crippen MR) is 113 cm³/mol. The molecule has 0 bridgehead atoms. The van der Waals surface area contributed by atoms with Gasteiger partial charge in [-0.25, -0.2) is 4.98 Å². The topological polar surface area (TPSA) is 59.3 Å². The summed E-state index contributed by atoms with van der Waals surface area (Å²) in [6.07, 6.45) is 3.17. The smallest absolute Gasteiger partial charge is 0.320 e. The number of aromatic nitrogens is 1. The van der Waals surface area contributed by atoms with Gasteiger partial charge < -0.3 is 4.90 Å². The second-order valence-electron chi connectivity index (χ2n) is 6.61. The van der Waals surface area contributed by atoms with Crippen LogP contribution in [0.15, 0.2) is 46.9 Å².